The van der Waals surface area contributed by atoms with Gasteiger partial charge in [0.1, 0.15) is 0 Å². The number of hydrogen-bond acceptors (Lipinski definition) is 3. The molecule has 6 rings (SSSR count). The maximum absolute atomic E-state index is 11.8. The Labute approximate surface area is 195 Å². The first-order valence-corrected chi connectivity index (χ1v) is 12.5. The summed E-state index contributed by atoms with van der Waals surface area (Å²) in [4.78, 5) is 16.8. The van der Waals surface area contributed by atoms with Crippen LogP contribution in [0.5, 0.6) is 0 Å². The number of benzene rings is 2. The van der Waals surface area contributed by atoms with Crippen LogP contribution in [0.4, 0.5) is 5.69 Å². The average molecular weight is 444 g/mol. The molecule has 0 spiro atoms. The molecule has 172 valence electrons. The SMILES string of the molecule is CN(C)C1CCN2CCn3c(c(C4CCCCC4)c4ccc(C(=O)O)cc43)-c3cccc1c32. The van der Waals surface area contributed by atoms with E-state index in [1.54, 1.807) is 6.07 Å². The van der Waals surface area contributed by atoms with Crippen LogP contribution in [-0.4, -0.2) is 47.7 Å². The van der Waals surface area contributed by atoms with E-state index in [9.17, 15) is 9.90 Å². The lowest BCUT2D eigenvalue weighted by Gasteiger charge is -2.38. The first kappa shape index (κ1) is 20.8. The van der Waals surface area contributed by atoms with Crippen LogP contribution in [0.1, 0.15) is 72.0 Å². The smallest absolute Gasteiger partial charge is 0.335 e. The Morgan fingerprint density at radius 3 is 2.58 bits per heavy atom. The summed E-state index contributed by atoms with van der Waals surface area (Å²) >= 11 is 0. The number of carboxylic acid groups (broad SMARTS) is 1. The van der Waals surface area contributed by atoms with Crippen molar-refractivity contribution < 1.29 is 9.90 Å². The Bertz CT molecular complexity index is 1240. The summed E-state index contributed by atoms with van der Waals surface area (Å²) < 4.78 is 2.45. The quantitative estimate of drug-likeness (QED) is 0.549. The highest BCUT2D eigenvalue weighted by Gasteiger charge is 2.35. The Kier molecular flexibility index (Phi) is 4.98. The summed E-state index contributed by atoms with van der Waals surface area (Å²) in [6.07, 6.45) is 7.49. The summed E-state index contributed by atoms with van der Waals surface area (Å²) in [6, 6.07) is 13.1. The van der Waals surface area contributed by atoms with Crippen LogP contribution in [0.25, 0.3) is 22.2 Å². The third kappa shape index (κ3) is 3.20. The van der Waals surface area contributed by atoms with E-state index in [4.69, 9.17) is 0 Å². The topological polar surface area (TPSA) is 48.7 Å². The van der Waals surface area contributed by atoms with Crippen LogP contribution < -0.4 is 4.90 Å². The number of hydrogen-bond donors (Lipinski definition) is 1. The van der Waals surface area contributed by atoms with Crippen LogP contribution in [0, 0.1) is 0 Å². The van der Waals surface area contributed by atoms with E-state index >= 15 is 0 Å². The van der Waals surface area contributed by atoms with Gasteiger partial charge in [-0.2, -0.15) is 0 Å². The molecule has 1 unspecified atom stereocenters. The van der Waals surface area contributed by atoms with Crippen molar-refractivity contribution >= 4 is 22.6 Å². The number of carboxylic acids is 1. The van der Waals surface area contributed by atoms with Crippen molar-refractivity contribution in [3.63, 3.8) is 0 Å². The monoisotopic (exact) mass is 443 g/mol. The summed E-state index contributed by atoms with van der Waals surface area (Å²) in [5, 5.41) is 11.0. The Morgan fingerprint density at radius 2 is 1.82 bits per heavy atom. The molecule has 2 aliphatic heterocycles. The number of carbonyl (C=O) groups is 1. The van der Waals surface area contributed by atoms with Crippen LogP contribution in [0.2, 0.25) is 0 Å². The molecule has 1 saturated carbocycles. The van der Waals surface area contributed by atoms with Gasteiger partial charge in [-0.05, 0) is 62.5 Å². The van der Waals surface area contributed by atoms with Gasteiger partial charge in [0, 0.05) is 42.1 Å². The van der Waals surface area contributed by atoms with Gasteiger partial charge in [-0.15, -0.1) is 0 Å². The van der Waals surface area contributed by atoms with E-state index in [0.717, 1.165) is 31.6 Å². The summed E-state index contributed by atoms with van der Waals surface area (Å²) in [5.41, 5.74) is 8.45. The first-order valence-electron chi connectivity index (χ1n) is 12.5. The van der Waals surface area contributed by atoms with Crippen molar-refractivity contribution in [2.75, 3.05) is 32.1 Å². The van der Waals surface area contributed by atoms with Gasteiger partial charge in [0.05, 0.1) is 16.9 Å². The lowest BCUT2D eigenvalue weighted by molar-refractivity contribution is 0.0697. The van der Waals surface area contributed by atoms with Gasteiger partial charge in [-0.1, -0.05) is 43.5 Å². The van der Waals surface area contributed by atoms with Gasteiger partial charge in [-0.25, -0.2) is 4.79 Å². The average Bonchev–Trinajstić information content (AvgIpc) is 3.06. The van der Waals surface area contributed by atoms with Crippen LogP contribution >= 0.6 is 0 Å². The molecule has 1 N–H and O–H groups in total. The van der Waals surface area contributed by atoms with Crippen molar-refractivity contribution in [2.45, 2.75) is 57.0 Å². The minimum Gasteiger partial charge on any atom is -0.478 e. The number of rotatable bonds is 3. The molecule has 3 aromatic rings. The van der Waals surface area contributed by atoms with Crippen LogP contribution in [-0.2, 0) is 6.54 Å². The summed E-state index contributed by atoms with van der Waals surface area (Å²) in [6.45, 7) is 2.92. The zero-order chi connectivity index (χ0) is 22.7. The van der Waals surface area contributed by atoms with Gasteiger partial charge in [0.2, 0.25) is 0 Å². The highest BCUT2D eigenvalue weighted by atomic mass is 16.4. The number of anilines is 1. The molecule has 0 saturated heterocycles. The third-order valence-corrected chi connectivity index (χ3v) is 8.25. The number of aromatic carboxylic acids is 1. The molecule has 1 aliphatic carbocycles. The molecule has 1 aromatic heterocycles. The van der Waals surface area contributed by atoms with Gasteiger partial charge in [0.15, 0.2) is 0 Å². The predicted molar refractivity (Wildman–Crippen MR) is 133 cm³/mol. The van der Waals surface area contributed by atoms with Gasteiger partial charge in [0.25, 0.3) is 0 Å². The van der Waals surface area contributed by atoms with E-state index in [-0.39, 0.29) is 0 Å². The number of para-hydroxylation sites is 1. The lowest BCUT2D eigenvalue weighted by atomic mass is 9.81. The second-order valence-electron chi connectivity index (χ2n) is 10.3. The highest BCUT2D eigenvalue weighted by molar-refractivity contribution is 6.00. The maximum atomic E-state index is 11.8. The lowest BCUT2D eigenvalue weighted by Crippen LogP contribution is -2.36. The molecule has 0 radical (unpaired) electrons. The van der Waals surface area contributed by atoms with Crippen molar-refractivity contribution in [3.05, 3.63) is 53.1 Å². The van der Waals surface area contributed by atoms with E-state index in [1.807, 2.05) is 6.07 Å². The van der Waals surface area contributed by atoms with Gasteiger partial charge >= 0.3 is 5.97 Å². The fraction of sp³-hybridized carbons (Fsp3) is 0.464. The predicted octanol–water partition coefficient (Wildman–Crippen LogP) is 5.88. The third-order valence-electron chi connectivity index (χ3n) is 8.25. The highest BCUT2D eigenvalue weighted by Crippen LogP contribution is 2.50. The fourth-order valence-electron chi connectivity index (χ4n) is 6.74. The standard InChI is InChI=1S/C28H33N3O2/c1-29(2)23-13-14-30-15-16-31-24-17-19(28(32)33)11-12-20(24)25(18-7-4-3-5-8-18)27(31)22-10-6-9-21(23)26(22)30/h6,9-12,17-18,23H,3-5,7-8,13-16H2,1-2H3,(H,32,33). The summed E-state index contributed by atoms with van der Waals surface area (Å²) in [5.74, 6) is -0.305. The second-order valence-corrected chi connectivity index (χ2v) is 10.3. The zero-order valence-corrected chi connectivity index (χ0v) is 19.7. The van der Waals surface area contributed by atoms with Crippen molar-refractivity contribution in [2.24, 2.45) is 0 Å². The summed E-state index contributed by atoms with van der Waals surface area (Å²) in [7, 11) is 4.38. The number of nitrogens with zero attached hydrogens (tertiary/aromatic N) is 3. The van der Waals surface area contributed by atoms with Crippen LogP contribution in [0.3, 0.4) is 0 Å². The Hall–Kier alpha value is -2.79. The van der Waals surface area contributed by atoms with Gasteiger partial charge in [-0.3, -0.25) is 0 Å². The molecular weight excluding hydrogens is 410 g/mol. The molecule has 3 heterocycles. The normalized spacial score (nSPS) is 20.6. The van der Waals surface area contributed by atoms with E-state index in [1.165, 1.54) is 65.6 Å². The van der Waals surface area contributed by atoms with Crippen molar-refractivity contribution in [1.29, 1.82) is 0 Å². The van der Waals surface area contributed by atoms with E-state index < -0.39 is 5.97 Å². The van der Waals surface area contributed by atoms with E-state index in [0.29, 0.717) is 17.5 Å². The second kappa shape index (κ2) is 7.91. The minimum absolute atomic E-state index is 0.380. The largest absolute Gasteiger partial charge is 0.478 e. The zero-order valence-electron chi connectivity index (χ0n) is 19.7. The molecule has 3 aliphatic rings. The molecule has 1 atom stereocenters. The van der Waals surface area contributed by atoms with E-state index in [2.05, 4.69) is 52.7 Å². The number of aromatic nitrogens is 1. The fourth-order valence-corrected chi connectivity index (χ4v) is 6.74. The van der Waals surface area contributed by atoms with Gasteiger partial charge < -0.3 is 19.5 Å². The molecule has 5 nitrogen and oxygen atoms in total. The molecule has 33 heavy (non-hydrogen) atoms. The molecule has 0 amide bonds. The Balaban J connectivity index is 1.66. The van der Waals surface area contributed by atoms with Crippen molar-refractivity contribution in [1.82, 2.24) is 9.47 Å². The Morgan fingerprint density at radius 1 is 1.00 bits per heavy atom. The number of fused-ring (bicyclic) bond motifs is 4. The molecule has 0 bridgehead atoms. The molecular formula is C28H33N3O2. The van der Waals surface area contributed by atoms with Crippen LogP contribution in [0.15, 0.2) is 36.4 Å². The first-order chi connectivity index (χ1) is 16.0. The minimum atomic E-state index is -0.851. The maximum Gasteiger partial charge on any atom is 0.335 e. The molecule has 1 fully saturated rings. The van der Waals surface area contributed by atoms with Crippen molar-refractivity contribution in [3.8, 4) is 11.3 Å². The molecule has 5 heteroatoms. The molecule has 2 aromatic carbocycles.